The smallest absolute Gasteiger partial charge is 0.339 e. The summed E-state index contributed by atoms with van der Waals surface area (Å²) in [5.74, 6) is -0.734. The number of carboxylic acid groups (broad SMARTS) is 1. The van der Waals surface area contributed by atoms with E-state index in [4.69, 9.17) is 21.4 Å². The molecule has 0 fully saturated rings. The van der Waals surface area contributed by atoms with Gasteiger partial charge in [0.2, 0.25) is 0 Å². The van der Waals surface area contributed by atoms with Crippen molar-refractivity contribution in [2.24, 2.45) is 0 Å². The van der Waals surface area contributed by atoms with E-state index in [1.807, 2.05) is 32.0 Å². The first-order valence-electron chi connectivity index (χ1n) is 6.19. The maximum Gasteiger partial charge on any atom is 0.339 e. The molecule has 0 atom stereocenters. The fourth-order valence-electron chi connectivity index (χ4n) is 1.85. The number of hydrogen-bond donors (Lipinski definition) is 1. The average Bonchev–Trinajstić information content (AvgIpc) is 2.41. The monoisotopic (exact) mass is 290 g/mol. The molecule has 0 aromatic heterocycles. The highest BCUT2D eigenvalue weighted by Gasteiger charge is 2.12. The highest BCUT2D eigenvalue weighted by atomic mass is 35.5. The number of ether oxygens (including phenoxy) is 1. The molecule has 0 radical (unpaired) electrons. The molecule has 2 rings (SSSR count). The van der Waals surface area contributed by atoms with Crippen molar-refractivity contribution in [3.05, 3.63) is 63.7 Å². The van der Waals surface area contributed by atoms with Crippen LogP contribution in [0.1, 0.15) is 27.0 Å². The van der Waals surface area contributed by atoms with Crippen molar-refractivity contribution < 1.29 is 14.6 Å². The van der Waals surface area contributed by atoms with Crippen LogP contribution in [-0.2, 0) is 6.61 Å². The Hall–Kier alpha value is -2.00. The summed E-state index contributed by atoms with van der Waals surface area (Å²) in [4.78, 5) is 11.1. The summed E-state index contributed by atoms with van der Waals surface area (Å²) < 4.78 is 5.59. The molecule has 0 unspecified atom stereocenters. The van der Waals surface area contributed by atoms with E-state index in [1.54, 1.807) is 12.1 Å². The third kappa shape index (κ3) is 3.31. The molecule has 0 aliphatic heterocycles. The van der Waals surface area contributed by atoms with Gasteiger partial charge in [0.25, 0.3) is 0 Å². The first kappa shape index (κ1) is 14.4. The Labute approximate surface area is 122 Å². The third-order valence-corrected chi connectivity index (χ3v) is 3.37. The van der Waals surface area contributed by atoms with E-state index in [2.05, 4.69) is 0 Å². The molecule has 0 aliphatic rings. The van der Waals surface area contributed by atoms with Gasteiger partial charge in [-0.25, -0.2) is 4.79 Å². The number of rotatable bonds is 4. The molecular formula is C16H15ClO3. The van der Waals surface area contributed by atoms with Crippen molar-refractivity contribution in [2.75, 3.05) is 0 Å². The number of benzene rings is 2. The quantitative estimate of drug-likeness (QED) is 0.916. The van der Waals surface area contributed by atoms with E-state index >= 15 is 0 Å². The molecule has 4 heteroatoms. The molecule has 0 bridgehead atoms. The second kappa shape index (κ2) is 5.97. The average molecular weight is 291 g/mol. The van der Waals surface area contributed by atoms with E-state index in [-0.39, 0.29) is 5.56 Å². The Morgan fingerprint density at radius 2 is 1.90 bits per heavy atom. The van der Waals surface area contributed by atoms with Crippen LogP contribution in [0.25, 0.3) is 0 Å². The molecule has 0 saturated carbocycles. The zero-order chi connectivity index (χ0) is 14.7. The molecule has 2 aromatic rings. The topological polar surface area (TPSA) is 46.5 Å². The highest BCUT2D eigenvalue weighted by molar-refractivity contribution is 6.31. The summed E-state index contributed by atoms with van der Waals surface area (Å²) in [5.41, 5.74) is 3.47. The van der Waals surface area contributed by atoms with Crippen LogP contribution in [0.4, 0.5) is 0 Å². The number of hydrogen-bond acceptors (Lipinski definition) is 2. The minimum absolute atomic E-state index is 0.0707. The molecule has 3 nitrogen and oxygen atoms in total. The number of carbonyl (C=O) groups is 1. The van der Waals surface area contributed by atoms with Gasteiger partial charge in [-0.2, -0.15) is 0 Å². The Bertz CT molecular complexity index is 650. The normalized spacial score (nSPS) is 10.3. The van der Waals surface area contributed by atoms with Gasteiger partial charge in [-0.1, -0.05) is 29.8 Å². The largest absolute Gasteiger partial charge is 0.488 e. The summed E-state index contributed by atoms with van der Waals surface area (Å²) >= 11 is 5.80. The van der Waals surface area contributed by atoms with Gasteiger partial charge in [-0.15, -0.1) is 0 Å². The summed E-state index contributed by atoms with van der Waals surface area (Å²) in [5, 5.41) is 9.51. The maximum absolute atomic E-state index is 11.1. The lowest BCUT2D eigenvalue weighted by Gasteiger charge is -2.10. The molecule has 104 valence electrons. The standard InChI is InChI=1S/C16H15ClO3/c1-10-3-4-12(7-11(10)2)9-20-15-6-5-13(17)8-14(15)16(18)19/h3-8H,9H2,1-2H3,(H,18,19). The van der Waals surface area contributed by atoms with Crippen molar-refractivity contribution in [3.8, 4) is 5.75 Å². The molecule has 0 heterocycles. The van der Waals surface area contributed by atoms with Gasteiger partial charge in [-0.3, -0.25) is 0 Å². The van der Waals surface area contributed by atoms with Crippen LogP contribution in [0.5, 0.6) is 5.75 Å². The van der Waals surface area contributed by atoms with Gasteiger partial charge < -0.3 is 9.84 Å². The fraction of sp³-hybridized carbons (Fsp3) is 0.188. The van der Waals surface area contributed by atoms with Crippen LogP contribution in [-0.4, -0.2) is 11.1 Å². The number of halogens is 1. The first-order valence-corrected chi connectivity index (χ1v) is 6.57. The van der Waals surface area contributed by atoms with E-state index in [0.717, 1.165) is 5.56 Å². The van der Waals surface area contributed by atoms with E-state index in [0.29, 0.717) is 17.4 Å². The Kier molecular flexibility index (Phi) is 4.30. The van der Waals surface area contributed by atoms with Crippen LogP contribution in [0.3, 0.4) is 0 Å². The predicted molar refractivity (Wildman–Crippen MR) is 78.7 cm³/mol. The van der Waals surface area contributed by atoms with Crippen molar-refractivity contribution in [1.29, 1.82) is 0 Å². The predicted octanol–water partition coefficient (Wildman–Crippen LogP) is 4.23. The third-order valence-electron chi connectivity index (χ3n) is 3.14. The summed E-state index contributed by atoms with van der Waals surface area (Å²) in [7, 11) is 0. The molecule has 0 amide bonds. The summed E-state index contributed by atoms with van der Waals surface area (Å²) in [6, 6.07) is 10.6. The maximum atomic E-state index is 11.1. The number of aryl methyl sites for hydroxylation is 2. The second-order valence-electron chi connectivity index (χ2n) is 4.65. The van der Waals surface area contributed by atoms with Gasteiger partial charge in [-0.05, 0) is 48.7 Å². The number of carboxylic acids is 1. The summed E-state index contributed by atoms with van der Waals surface area (Å²) in [6.07, 6.45) is 0. The van der Waals surface area contributed by atoms with Crippen LogP contribution >= 0.6 is 11.6 Å². The highest BCUT2D eigenvalue weighted by Crippen LogP contribution is 2.24. The van der Waals surface area contributed by atoms with Gasteiger partial charge in [0.15, 0.2) is 0 Å². The summed E-state index contributed by atoms with van der Waals surface area (Å²) in [6.45, 7) is 4.40. The van der Waals surface area contributed by atoms with Crippen LogP contribution in [0, 0.1) is 13.8 Å². The molecule has 2 aromatic carbocycles. The van der Waals surface area contributed by atoms with Gasteiger partial charge in [0, 0.05) is 5.02 Å². The molecule has 0 aliphatic carbocycles. The van der Waals surface area contributed by atoms with Crippen molar-refractivity contribution in [2.45, 2.75) is 20.5 Å². The first-order chi connectivity index (χ1) is 9.47. The molecule has 1 N–H and O–H groups in total. The number of aromatic carboxylic acids is 1. The van der Waals surface area contributed by atoms with Crippen LogP contribution < -0.4 is 4.74 Å². The Morgan fingerprint density at radius 3 is 2.55 bits per heavy atom. The zero-order valence-electron chi connectivity index (χ0n) is 11.3. The van der Waals surface area contributed by atoms with Gasteiger partial charge in [0.05, 0.1) is 0 Å². The lowest BCUT2D eigenvalue weighted by Crippen LogP contribution is -2.03. The van der Waals surface area contributed by atoms with Crippen molar-refractivity contribution >= 4 is 17.6 Å². The van der Waals surface area contributed by atoms with Gasteiger partial charge in [0.1, 0.15) is 17.9 Å². The lowest BCUT2D eigenvalue weighted by molar-refractivity contribution is 0.0691. The zero-order valence-corrected chi connectivity index (χ0v) is 12.1. The second-order valence-corrected chi connectivity index (χ2v) is 5.09. The Morgan fingerprint density at radius 1 is 1.15 bits per heavy atom. The molecule has 0 spiro atoms. The SMILES string of the molecule is Cc1ccc(COc2ccc(Cl)cc2C(=O)O)cc1C. The van der Waals surface area contributed by atoms with E-state index in [1.165, 1.54) is 17.2 Å². The van der Waals surface area contributed by atoms with Crippen LogP contribution in [0.2, 0.25) is 5.02 Å². The lowest BCUT2D eigenvalue weighted by atomic mass is 10.1. The minimum Gasteiger partial charge on any atom is -0.488 e. The molecule has 20 heavy (non-hydrogen) atoms. The van der Waals surface area contributed by atoms with Crippen molar-refractivity contribution in [1.82, 2.24) is 0 Å². The van der Waals surface area contributed by atoms with Gasteiger partial charge >= 0.3 is 5.97 Å². The minimum atomic E-state index is -1.05. The fourth-order valence-corrected chi connectivity index (χ4v) is 2.02. The Balaban J connectivity index is 2.18. The van der Waals surface area contributed by atoms with Crippen molar-refractivity contribution in [3.63, 3.8) is 0 Å². The van der Waals surface area contributed by atoms with E-state index in [9.17, 15) is 4.79 Å². The molecule has 0 saturated heterocycles. The van der Waals surface area contributed by atoms with E-state index < -0.39 is 5.97 Å². The molecular weight excluding hydrogens is 276 g/mol. The van der Waals surface area contributed by atoms with Crippen LogP contribution in [0.15, 0.2) is 36.4 Å².